The van der Waals surface area contributed by atoms with E-state index < -0.39 is 18.2 Å². The normalized spacial score (nSPS) is 12.1. The predicted molar refractivity (Wildman–Crippen MR) is 130 cm³/mol. The van der Waals surface area contributed by atoms with Gasteiger partial charge < -0.3 is 16.2 Å². The molecule has 1 atom stereocenters. The summed E-state index contributed by atoms with van der Waals surface area (Å²) in [6.07, 6.45) is 3.27. The minimum atomic E-state index is -5.08. The number of carboxylic acid groups (broad SMARTS) is 1. The Labute approximate surface area is 216 Å². The molecule has 0 radical (unpaired) electrons. The number of alkyl halides is 3. The number of nitrogens with zero attached hydrogens (tertiary/aromatic N) is 6. The fraction of sp³-hybridized carbons (Fsp3) is 0.130. The van der Waals surface area contributed by atoms with Crippen LogP contribution in [0.1, 0.15) is 28.9 Å². The lowest BCUT2D eigenvalue weighted by atomic mass is 10.0. The number of nitrogens with two attached hydrogens (primary N) is 1. The van der Waals surface area contributed by atoms with Crippen LogP contribution in [0.4, 0.5) is 19.0 Å². The molecule has 1 amide bonds. The Hall–Kier alpha value is -4.72. The van der Waals surface area contributed by atoms with Gasteiger partial charge in [0.25, 0.3) is 5.91 Å². The van der Waals surface area contributed by atoms with Gasteiger partial charge >= 0.3 is 12.1 Å². The molecule has 0 bridgehead atoms. The van der Waals surface area contributed by atoms with Gasteiger partial charge in [-0.1, -0.05) is 17.7 Å². The number of hydrogen-bond acceptors (Lipinski definition) is 7. The topological polar surface area (TPSA) is 153 Å². The third-order valence-electron chi connectivity index (χ3n) is 5.29. The van der Waals surface area contributed by atoms with Crippen LogP contribution in [-0.4, -0.2) is 52.1 Å². The zero-order valence-electron chi connectivity index (χ0n) is 19.4. The summed E-state index contributed by atoms with van der Waals surface area (Å²) < 4.78 is 35.1. The van der Waals surface area contributed by atoms with Crippen molar-refractivity contribution in [1.82, 2.24) is 34.3 Å². The molecule has 5 rings (SSSR count). The number of halogens is 4. The van der Waals surface area contributed by atoms with Crippen molar-refractivity contribution < 1.29 is 27.9 Å². The number of rotatable bonds is 4. The van der Waals surface area contributed by atoms with Crippen LogP contribution in [0.5, 0.6) is 0 Å². The van der Waals surface area contributed by atoms with Gasteiger partial charge in [-0.2, -0.15) is 13.2 Å². The lowest BCUT2D eigenvalue weighted by Gasteiger charge is -2.20. The molecule has 0 aliphatic heterocycles. The fourth-order valence-electron chi connectivity index (χ4n) is 3.64. The molecule has 0 saturated carbocycles. The van der Waals surface area contributed by atoms with E-state index >= 15 is 0 Å². The van der Waals surface area contributed by atoms with Crippen molar-refractivity contribution in [2.75, 3.05) is 5.73 Å². The quantitative estimate of drug-likeness (QED) is 0.308. The third kappa shape index (κ3) is 5.20. The van der Waals surface area contributed by atoms with E-state index in [4.69, 9.17) is 27.2 Å². The highest BCUT2D eigenvalue weighted by Gasteiger charge is 2.38. The zero-order valence-corrected chi connectivity index (χ0v) is 20.1. The van der Waals surface area contributed by atoms with E-state index in [1.54, 1.807) is 37.2 Å². The maximum absolute atomic E-state index is 13.1. The van der Waals surface area contributed by atoms with Crippen LogP contribution in [-0.2, 0) is 4.79 Å². The molecule has 0 spiro atoms. The van der Waals surface area contributed by atoms with E-state index in [2.05, 4.69) is 25.4 Å². The van der Waals surface area contributed by atoms with Crippen LogP contribution < -0.4 is 11.1 Å². The highest BCUT2D eigenvalue weighted by molar-refractivity contribution is 6.34. The molecule has 0 aliphatic rings. The lowest BCUT2D eigenvalue weighted by Crippen LogP contribution is -2.28. The Bertz CT molecular complexity index is 1640. The number of aliphatic carboxylic acids is 1. The third-order valence-corrected chi connectivity index (χ3v) is 5.60. The van der Waals surface area contributed by atoms with E-state index in [1.165, 1.54) is 4.52 Å². The van der Waals surface area contributed by atoms with E-state index in [0.29, 0.717) is 10.7 Å². The van der Waals surface area contributed by atoms with Gasteiger partial charge in [-0.25, -0.2) is 19.3 Å². The Balaban J connectivity index is 0.000000426. The van der Waals surface area contributed by atoms with E-state index in [0.717, 1.165) is 22.5 Å². The van der Waals surface area contributed by atoms with E-state index in [-0.39, 0.29) is 17.3 Å². The summed E-state index contributed by atoms with van der Waals surface area (Å²) in [6, 6.07) is 8.76. The summed E-state index contributed by atoms with van der Waals surface area (Å²) in [6.45, 7) is 1.87. The van der Waals surface area contributed by atoms with E-state index in [9.17, 15) is 18.0 Å². The first kappa shape index (κ1) is 26.3. The van der Waals surface area contributed by atoms with Crippen molar-refractivity contribution in [2.45, 2.75) is 19.1 Å². The number of carbonyl (C=O) groups is 2. The van der Waals surface area contributed by atoms with Crippen LogP contribution in [0, 0.1) is 0 Å². The molecule has 38 heavy (non-hydrogen) atoms. The van der Waals surface area contributed by atoms with Crippen LogP contribution in [0.15, 0.2) is 61.4 Å². The first-order chi connectivity index (χ1) is 18.0. The summed E-state index contributed by atoms with van der Waals surface area (Å²) in [5.41, 5.74) is 9.66. The summed E-state index contributed by atoms with van der Waals surface area (Å²) in [7, 11) is 0. The SMILES string of the molecule is CC(NC(=O)c1c(N)nn2cccnc12)c1cc(Cl)c2cncn2c1-c1ccccn1.O=C(O)C(F)(F)F. The summed E-state index contributed by atoms with van der Waals surface area (Å²) >= 11 is 6.51. The highest BCUT2D eigenvalue weighted by atomic mass is 35.5. The Morgan fingerprint density at radius 2 is 1.89 bits per heavy atom. The molecule has 15 heteroatoms. The van der Waals surface area contributed by atoms with Gasteiger partial charge in [-0.3, -0.25) is 14.2 Å². The summed E-state index contributed by atoms with van der Waals surface area (Å²) in [4.78, 5) is 35.0. The van der Waals surface area contributed by atoms with Crippen LogP contribution in [0.25, 0.3) is 22.6 Å². The molecule has 5 aromatic rings. The molecule has 196 valence electrons. The minimum absolute atomic E-state index is 0.108. The maximum Gasteiger partial charge on any atom is 0.490 e. The van der Waals surface area contributed by atoms with Crippen molar-refractivity contribution in [3.8, 4) is 11.4 Å². The van der Waals surface area contributed by atoms with Gasteiger partial charge in [0.1, 0.15) is 5.56 Å². The molecule has 0 aromatic carbocycles. The summed E-state index contributed by atoms with van der Waals surface area (Å²) in [5, 5.41) is 14.8. The monoisotopic (exact) mass is 546 g/mol. The molecule has 0 saturated heterocycles. The van der Waals surface area contributed by atoms with Gasteiger partial charge in [0.05, 0.1) is 40.5 Å². The first-order valence-corrected chi connectivity index (χ1v) is 11.1. The number of imidazole rings is 1. The average Bonchev–Trinajstić information content (AvgIpc) is 3.48. The molecular weight excluding hydrogens is 529 g/mol. The van der Waals surface area contributed by atoms with Crippen LogP contribution >= 0.6 is 11.6 Å². The molecule has 1 unspecified atom stereocenters. The number of hydrogen-bond donors (Lipinski definition) is 3. The molecule has 0 fully saturated rings. The van der Waals surface area contributed by atoms with Crippen LogP contribution in [0.2, 0.25) is 5.02 Å². The highest BCUT2D eigenvalue weighted by Crippen LogP contribution is 2.33. The van der Waals surface area contributed by atoms with Crippen molar-refractivity contribution in [2.24, 2.45) is 0 Å². The molecule has 11 nitrogen and oxygen atoms in total. The van der Waals surface area contributed by atoms with Crippen molar-refractivity contribution >= 4 is 40.5 Å². The second-order valence-corrected chi connectivity index (χ2v) is 8.21. The van der Waals surface area contributed by atoms with Gasteiger partial charge in [0, 0.05) is 24.2 Å². The van der Waals surface area contributed by atoms with Gasteiger partial charge in [0.2, 0.25) is 0 Å². The van der Waals surface area contributed by atoms with Crippen molar-refractivity contribution in [1.29, 1.82) is 0 Å². The van der Waals surface area contributed by atoms with Crippen molar-refractivity contribution in [3.63, 3.8) is 0 Å². The average molecular weight is 547 g/mol. The van der Waals surface area contributed by atoms with Gasteiger partial charge in [-0.15, -0.1) is 5.10 Å². The molecular formula is C23H18ClF3N8O3. The van der Waals surface area contributed by atoms with E-state index in [1.807, 2.05) is 35.6 Å². The smallest absolute Gasteiger partial charge is 0.475 e. The Kier molecular flexibility index (Phi) is 7.17. The number of nitrogens with one attached hydrogen (secondary N) is 1. The molecule has 4 N–H and O–H groups in total. The number of pyridine rings is 2. The molecule has 5 aromatic heterocycles. The number of nitrogen functional groups attached to an aromatic ring is 1. The van der Waals surface area contributed by atoms with Gasteiger partial charge in [0.15, 0.2) is 11.5 Å². The van der Waals surface area contributed by atoms with Gasteiger partial charge in [-0.05, 0) is 31.2 Å². The zero-order chi connectivity index (χ0) is 27.6. The second-order valence-electron chi connectivity index (χ2n) is 7.81. The number of fused-ring (bicyclic) bond motifs is 2. The predicted octanol–water partition coefficient (Wildman–Crippen LogP) is 3.80. The largest absolute Gasteiger partial charge is 0.490 e. The molecule has 0 aliphatic carbocycles. The summed E-state index contributed by atoms with van der Waals surface area (Å²) in [5.74, 6) is -3.03. The second kappa shape index (κ2) is 10.3. The van der Waals surface area contributed by atoms with Crippen LogP contribution in [0.3, 0.4) is 0 Å². The number of aromatic nitrogens is 6. The number of carbonyl (C=O) groups excluding carboxylic acids is 1. The fourth-order valence-corrected chi connectivity index (χ4v) is 3.90. The first-order valence-electron chi connectivity index (χ1n) is 10.7. The Morgan fingerprint density at radius 1 is 1.18 bits per heavy atom. The van der Waals surface area contributed by atoms with Crippen molar-refractivity contribution in [3.05, 3.63) is 77.6 Å². The molecule has 5 heterocycles. The number of carboxylic acids is 1. The number of amides is 1. The standard InChI is InChI=1S/C21H17ClN8O.C2HF3O2/c1-12(27-21(31)17-19(23)28-30-8-4-7-26-20(17)30)13-9-14(22)16-10-24-11-29(16)18(13)15-5-2-3-6-25-15;3-2(4,5)1(6)7/h2-12H,1H3,(H2,23,28)(H,27,31);(H,6,7). The lowest BCUT2D eigenvalue weighted by molar-refractivity contribution is -0.192. The maximum atomic E-state index is 13.1. The number of anilines is 1. The Morgan fingerprint density at radius 3 is 2.55 bits per heavy atom. The minimum Gasteiger partial charge on any atom is -0.475 e.